The fourth-order valence-electron chi connectivity index (χ4n) is 3.09. The third-order valence-corrected chi connectivity index (χ3v) is 10.1. The Bertz CT molecular complexity index is 1560. The van der Waals surface area contributed by atoms with Gasteiger partial charge in [-0.2, -0.15) is 4.98 Å². The van der Waals surface area contributed by atoms with Gasteiger partial charge in [-0.3, -0.25) is 36.9 Å². The molecule has 25 nitrogen and oxygen atoms in total. The number of phosphoric acid groups is 5. The SMILES string of the molecule is Nc1nc2c(ncn2C2OC(COP(=O)([O-])OP(=O)([O-])OP(=O)([O-])[O-])C(OP(=O)([O-])OP(=O)([O-])O)C2O)c(=O)[nH]1. The van der Waals surface area contributed by atoms with Crippen LogP contribution in [0, 0.1) is 0 Å². The standard InChI is InChI=1S/C10H18N5O20P5/c11-10-13-7-4(8(17)14-10)12-2-15(7)9-5(16)6(32-39(26,27)33-36(18,19)20)3(31-9)1-30-38(24,25)35-40(28,29)34-37(21,22)23/h2-3,5-6,9,16H,1H2,(H,24,25)(H,26,27)(H,28,29)(H2,18,19,20)(H2,21,22,23)(H3,11,13,14,17)/p-6. The first kappa shape index (κ1) is 33.2. The smallest absolute Gasteiger partial charge is 0.280 e. The number of imidazole rings is 1. The number of phosphoric ester groups is 2. The maximum absolute atomic E-state index is 12.0. The summed E-state index contributed by atoms with van der Waals surface area (Å²) < 4.78 is 80.6. The highest BCUT2D eigenvalue weighted by molar-refractivity contribution is 7.64. The van der Waals surface area contributed by atoms with E-state index in [1.165, 1.54) is 0 Å². The molecule has 0 bridgehead atoms. The molecule has 0 aromatic carbocycles. The average molecular weight is 677 g/mol. The summed E-state index contributed by atoms with van der Waals surface area (Å²) in [6.45, 7) is -1.54. The molecule has 1 saturated heterocycles. The second-order valence-electron chi connectivity index (χ2n) is 7.20. The largest absolute Gasteiger partial charge is 0.790 e. The molecule has 2 aromatic heterocycles. The number of aromatic amines is 1. The van der Waals surface area contributed by atoms with Crippen molar-refractivity contribution in [2.24, 2.45) is 0 Å². The minimum atomic E-state index is -6.40. The van der Waals surface area contributed by atoms with Crippen LogP contribution in [0.3, 0.4) is 0 Å². The number of nitrogen functional groups attached to an aromatic ring is 1. The lowest BCUT2D eigenvalue weighted by Crippen LogP contribution is -2.37. The lowest BCUT2D eigenvalue weighted by molar-refractivity contribution is -0.339. The number of rotatable bonds is 12. The number of aromatic nitrogens is 4. The number of aliphatic hydroxyl groups excluding tert-OH is 1. The van der Waals surface area contributed by atoms with Crippen LogP contribution in [-0.4, -0.2) is 54.4 Å². The maximum atomic E-state index is 12.0. The monoisotopic (exact) mass is 677 g/mol. The normalized spacial score (nSPS) is 28.0. The first-order valence-corrected chi connectivity index (χ1v) is 16.8. The van der Waals surface area contributed by atoms with E-state index in [0.29, 0.717) is 0 Å². The molecule has 40 heavy (non-hydrogen) atoms. The lowest BCUT2D eigenvalue weighted by atomic mass is 10.1. The van der Waals surface area contributed by atoms with Crippen LogP contribution in [-0.2, 0) is 49.5 Å². The minimum absolute atomic E-state index is 0.395. The van der Waals surface area contributed by atoms with Crippen molar-refractivity contribution in [1.29, 1.82) is 0 Å². The van der Waals surface area contributed by atoms with E-state index in [1.807, 2.05) is 0 Å². The molecule has 228 valence electrons. The van der Waals surface area contributed by atoms with E-state index < -0.39 is 92.9 Å². The van der Waals surface area contributed by atoms with E-state index in [-0.39, 0.29) is 0 Å². The highest BCUT2D eigenvalue weighted by Crippen LogP contribution is 2.61. The van der Waals surface area contributed by atoms with Crippen LogP contribution in [0.4, 0.5) is 5.95 Å². The van der Waals surface area contributed by atoms with Crippen molar-refractivity contribution in [3.63, 3.8) is 0 Å². The molecule has 0 spiro atoms. The van der Waals surface area contributed by atoms with E-state index in [4.69, 9.17) is 15.4 Å². The first-order chi connectivity index (χ1) is 18.0. The number of H-pyrrole nitrogens is 1. The van der Waals surface area contributed by atoms with Gasteiger partial charge < -0.3 is 63.4 Å². The van der Waals surface area contributed by atoms with E-state index in [0.717, 1.165) is 10.9 Å². The van der Waals surface area contributed by atoms with Crippen molar-refractivity contribution >= 4 is 56.2 Å². The second kappa shape index (κ2) is 11.4. The molecule has 3 rings (SSSR count). The summed E-state index contributed by atoms with van der Waals surface area (Å²) in [6, 6.07) is 0. The van der Waals surface area contributed by atoms with E-state index in [1.54, 1.807) is 0 Å². The molecular weight excluding hydrogens is 665 g/mol. The minimum Gasteiger partial charge on any atom is -0.790 e. The van der Waals surface area contributed by atoms with Crippen LogP contribution in [0.1, 0.15) is 6.23 Å². The van der Waals surface area contributed by atoms with Crippen LogP contribution in [0.25, 0.3) is 11.2 Å². The molecule has 2 aromatic rings. The number of aliphatic hydroxyl groups is 1. The molecule has 8 unspecified atom stereocenters. The summed E-state index contributed by atoms with van der Waals surface area (Å²) in [5.74, 6) is -0.472. The van der Waals surface area contributed by atoms with Crippen LogP contribution >= 0.6 is 39.1 Å². The van der Waals surface area contributed by atoms with Gasteiger partial charge in [0.2, 0.25) is 5.95 Å². The fraction of sp³-hybridized carbons (Fsp3) is 0.500. The molecule has 0 saturated carbocycles. The molecule has 8 atom stereocenters. The molecular formula is C10H12N5O20P5-6. The van der Waals surface area contributed by atoms with Gasteiger partial charge in [0.15, 0.2) is 17.4 Å². The molecule has 1 aliphatic rings. The molecule has 30 heteroatoms. The van der Waals surface area contributed by atoms with Gasteiger partial charge in [0.1, 0.15) is 18.3 Å². The van der Waals surface area contributed by atoms with Gasteiger partial charge in [0.25, 0.3) is 36.9 Å². The summed E-state index contributed by atoms with van der Waals surface area (Å²) in [4.78, 5) is 97.0. The van der Waals surface area contributed by atoms with Crippen molar-refractivity contribution in [2.75, 3.05) is 12.3 Å². The van der Waals surface area contributed by atoms with Gasteiger partial charge in [-0.25, -0.2) is 13.6 Å². The van der Waals surface area contributed by atoms with Gasteiger partial charge in [-0.15, -0.1) is 0 Å². The molecule has 0 aliphatic carbocycles. The van der Waals surface area contributed by atoms with Crippen molar-refractivity contribution in [1.82, 2.24) is 19.5 Å². The highest BCUT2D eigenvalue weighted by Gasteiger charge is 2.48. The summed E-state index contributed by atoms with van der Waals surface area (Å²) in [5.41, 5.74) is 3.76. The Kier molecular flexibility index (Phi) is 9.51. The molecule has 3 heterocycles. The second-order valence-corrected chi connectivity index (χ2v) is 14.1. The number of fused-ring (bicyclic) bond motifs is 1. The number of anilines is 1. The van der Waals surface area contributed by atoms with Crippen LogP contribution in [0.2, 0.25) is 0 Å². The van der Waals surface area contributed by atoms with Gasteiger partial charge in [-0.05, 0) is 0 Å². The van der Waals surface area contributed by atoms with Crippen molar-refractivity contribution in [3.05, 3.63) is 16.7 Å². The fourth-order valence-corrected chi connectivity index (χ4v) is 7.67. The van der Waals surface area contributed by atoms with E-state index in [2.05, 4.69) is 36.9 Å². The van der Waals surface area contributed by atoms with Crippen molar-refractivity contribution in [2.45, 2.75) is 24.5 Å². The summed E-state index contributed by atoms with van der Waals surface area (Å²) in [7, 11) is -31.0. The van der Waals surface area contributed by atoms with Crippen LogP contribution in [0.15, 0.2) is 11.1 Å². The maximum Gasteiger partial charge on any atom is 0.280 e. The van der Waals surface area contributed by atoms with Crippen LogP contribution < -0.4 is 40.7 Å². The van der Waals surface area contributed by atoms with Crippen molar-refractivity contribution in [3.8, 4) is 0 Å². The summed E-state index contributed by atoms with van der Waals surface area (Å²) in [5, 5.41) is 10.7. The zero-order chi connectivity index (χ0) is 30.5. The Morgan fingerprint density at radius 1 is 1.02 bits per heavy atom. The quantitative estimate of drug-likeness (QED) is 0.152. The van der Waals surface area contributed by atoms with E-state index >= 15 is 0 Å². The summed E-state index contributed by atoms with van der Waals surface area (Å²) in [6.07, 6.45) is -7.93. The van der Waals surface area contributed by atoms with Gasteiger partial charge in [0, 0.05) is 0 Å². The average Bonchev–Trinajstić information content (AvgIpc) is 3.23. The topological polar surface area (TPSA) is 409 Å². The Hall–Kier alpha value is -1.26. The van der Waals surface area contributed by atoms with Crippen LogP contribution in [0.5, 0.6) is 0 Å². The number of nitrogens with zero attached hydrogens (tertiary/aromatic N) is 3. The Morgan fingerprint density at radius 2 is 1.65 bits per heavy atom. The zero-order valence-corrected chi connectivity index (χ0v) is 23.0. The Labute approximate surface area is 218 Å². The van der Waals surface area contributed by atoms with Gasteiger partial charge in [0.05, 0.1) is 20.8 Å². The first-order valence-electron chi connectivity index (χ1n) is 9.49. The van der Waals surface area contributed by atoms with Gasteiger partial charge >= 0.3 is 0 Å². The lowest BCUT2D eigenvalue weighted by Gasteiger charge is -2.37. The molecule has 1 fully saturated rings. The number of ether oxygens (including phenoxy) is 1. The summed E-state index contributed by atoms with van der Waals surface area (Å²) >= 11 is 0. The third kappa shape index (κ3) is 8.87. The Morgan fingerprint density at radius 3 is 2.23 bits per heavy atom. The number of hydrogen-bond acceptors (Lipinski definition) is 22. The predicted molar refractivity (Wildman–Crippen MR) is 107 cm³/mol. The van der Waals surface area contributed by atoms with E-state index in [9.17, 15) is 62.1 Å². The predicted octanol–water partition coefficient (Wildman–Crippen LogP) is -5.89. The number of hydrogen-bond donors (Lipinski definition) is 4. The molecule has 1 aliphatic heterocycles. The van der Waals surface area contributed by atoms with Crippen molar-refractivity contribution < 1.29 is 88.9 Å². The van der Waals surface area contributed by atoms with Gasteiger partial charge in [-0.1, -0.05) is 0 Å². The number of nitrogens with two attached hydrogens (primary N) is 1. The molecule has 5 N–H and O–H groups in total. The third-order valence-electron chi connectivity index (χ3n) is 4.29. The Balaban J connectivity index is 1.91. The molecule has 0 radical (unpaired) electrons. The highest BCUT2D eigenvalue weighted by atomic mass is 31.3. The number of nitrogens with one attached hydrogen (secondary N) is 1. The molecule has 0 amide bonds. The zero-order valence-electron chi connectivity index (χ0n) is 18.5.